The molecule has 104 valence electrons. The van der Waals surface area contributed by atoms with Crippen LogP contribution in [0.25, 0.3) is 0 Å². The van der Waals surface area contributed by atoms with Gasteiger partial charge in [-0.15, -0.1) is 0 Å². The summed E-state index contributed by atoms with van der Waals surface area (Å²) < 4.78 is 0. The van der Waals surface area contributed by atoms with Crippen LogP contribution in [0.5, 0.6) is 0 Å². The standard InChI is InChI=1S/C15H14Cl2N2O/c1-8-5-10(18)3-4-11(8)15(20)19-14-7-12(16)9(2)6-13(14)17/h3-7H,18H2,1-2H3,(H,19,20). The number of anilines is 2. The van der Waals surface area contributed by atoms with Crippen LogP contribution in [0.3, 0.4) is 0 Å². The van der Waals surface area contributed by atoms with Gasteiger partial charge in [0, 0.05) is 16.3 Å². The lowest BCUT2D eigenvalue weighted by Crippen LogP contribution is -2.14. The van der Waals surface area contributed by atoms with Gasteiger partial charge in [0.25, 0.3) is 5.91 Å². The van der Waals surface area contributed by atoms with E-state index in [1.165, 1.54) is 0 Å². The zero-order valence-electron chi connectivity index (χ0n) is 11.1. The summed E-state index contributed by atoms with van der Waals surface area (Å²) in [7, 11) is 0. The average molecular weight is 309 g/mol. The predicted molar refractivity (Wildman–Crippen MR) is 84.7 cm³/mol. The summed E-state index contributed by atoms with van der Waals surface area (Å²) in [4.78, 5) is 12.2. The summed E-state index contributed by atoms with van der Waals surface area (Å²) in [6.07, 6.45) is 0. The molecule has 3 N–H and O–H groups in total. The van der Waals surface area contributed by atoms with Gasteiger partial charge in [-0.2, -0.15) is 0 Å². The molecule has 2 aromatic rings. The van der Waals surface area contributed by atoms with Crippen molar-refractivity contribution in [3.8, 4) is 0 Å². The van der Waals surface area contributed by atoms with E-state index in [4.69, 9.17) is 28.9 Å². The number of benzene rings is 2. The summed E-state index contributed by atoms with van der Waals surface area (Å²) in [6, 6.07) is 8.48. The Balaban J connectivity index is 2.30. The largest absolute Gasteiger partial charge is 0.399 e. The molecule has 2 aromatic carbocycles. The van der Waals surface area contributed by atoms with Crippen molar-refractivity contribution in [2.75, 3.05) is 11.1 Å². The first-order chi connectivity index (χ1) is 9.38. The van der Waals surface area contributed by atoms with E-state index < -0.39 is 0 Å². The van der Waals surface area contributed by atoms with Gasteiger partial charge < -0.3 is 11.1 Å². The van der Waals surface area contributed by atoms with Crippen molar-refractivity contribution in [1.82, 2.24) is 0 Å². The molecule has 5 heteroatoms. The third kappa shape index (κ3) is 3.06. The molecule has 0 aliphatic carbocycles. The smallest absolute Gasteiger partial charge is 0.255 e. The van der Waals surface area contributed by atoms with Crippen LogP contribution in [-0.4, -0.2) is 5.91 Å². The summed E-state index contributed by atoms with van der Waals surface area (Å²) >= 11 is 12.1. The molecule has 0 fully saturated rings. The van der Waals surface area contributed by atoms with Crippen molar-refractivity contribution in [2.45, 2.75) is 13.8 Å². The molecule has 0 heterocycles. The van der Waals surface area contributed by atoms with Gasteiger partial charge >= 0.3 is 0 Å². The molecule has 0 aromatic heterocycles. The molecular weight excluding hydrogens is 295 g/mol. The van der Waals surface area contributed by atoms with Crippen molar-refractivity contribution in [1.29, 1.82) is 0 Å². The maximum absolute atomic E-state index is 12.2. The van der Waals surface area contributed by atoms with Gasteiger partial charge in [0.2, 0.25) is 0 Å². The van der Waals surface area contributed by atoms with Gasteiger partial charge in [0.05, 0.1) is 10.7 Å². The predicted octanol–water partition coefficient (Wildman–Crippen LogP) is 4.44. The molecule has 0 radical (unpaired) electrons. The zero-order chi connectivity index (χ0) is 14.9. The number of nitrogen functional groups attached to an aromatic ring is 1. The molecule has 0 bridgehead atoms. The Hall–Kier alpha value is -1.71. The lowest BCUT2D eigenvalue weighted by atomic mass is 10.1. The third-order valence-corrected chi connectivity index (χ3v) is 3.71. The molecule has 0 spiro atoms. The highest BCUT2D eigenvalue weighted by Gasteiger charge is 2.12. The summed E-state index contributed by atoms with van der Waals surface area (Å²) in [5.41, 5.74) is 8.99. The molecule has 3 nitrogen and oxygen atoms in total. The van der Waals surface area contributed by atoms with Crippen molar-refractivity contribution < 1.29 is 4.79 Å². The monoisotopic (exact) mass is 308 g/mol. The second-order valence-corrected chi connectivity index (χ2v) is 5.42. The fourth-order valence-electron chi connectivity index (χ4n) is 1.87. The number of nitrogens with two attached hydrogens (primary N) is 1. The minimum atomic E-state index is -0.246. The van der Waals surface area contributed by atoms with Crippen LogP contribution in [0.4, 0.5) is 11.4 Å². The Morgan fingerprint density at radius 3 is 2.40 bits per heavy atom. The molecule has 0 saturated heterocycles. The number of rotatable bonds is 2. The van der Waals surface area contributed by atoms with Gasteiger partial charge in [0.15, 0.2) is 0 Å². The highest BCUT2D eigenvalue weighted by molar-refractivity contribution is 6.36. The summed E-state index contributed by atoms with van der Waals surface area (Å²) in [5, 5.41) is 3.77. The average Bonchev–Trinajstić information content (AvgIpc) is 2.35. The molecule has 0 saturated carbocycles. The van der Waals surface area contributed by atoms with Gasteiger partial charge in [0.1, 0.15) is 0 Å². The maximum atomic E-state index is 12.2. The van der Waals surface area contributed by atoms with Crippen LogP contribution < -0.4 is 11.1 Å². The second kappa shape index (κ2) is 5.73. The Bertz CT molecular complexity index is 684. The highest BCUT2D eigenvalue weighted by atomic mass is 35.5. The first-order valence-electron chi connectivity index (χ1n) is 6.01. The van der Waals surface area contributed by atoms with E-state index >= 15 is 0 Å². The topological polar surface area (TPSA) is 55.1 Å². The maximum Gasteiger partial charge on any atom is 0.255 e. The molecule has 1 amide bonds. The molecular formula is C15H14Cl2N2O. The van der Waals surface area contributed by atoms with Crippen LogP contribution in [0.2, 0.25) is 10.0 Å². The number of halogens is 2. The van der Waals surface area contributed by atoms with Gasteiger partial charge in [-0.05, 0) is 55.3 Å². The number of carbonyl (C=O) groups excluding carboxylic acids is 1. The van der Waals surface area contributed by atoms with E-state index in [1.807, 2.05) is 13.8 Å². The fourth-order valence-corrected chi connectivity index (χ4v) is 2.30. The minimum absolute atomic E-state index is 0.246. The molecule has 2 rings (SSSR count). The van der Waals surface area contributed by atoms with Crippen LogP contribution in [0.1, 0.15) is 21.5 Å². The summed E-state index contributed by atoms with van der Waals surface area (Å²) in [5.74, 6) is -0.246. The number of hydrogen-bond donors (Lipinski definition) is 2. The van der Waals surface area contributed by atoms with Crippen LogP contribution >= 0.6 is 23.2 Å². The first-order valence-corrected chi connectivity index (χ1v) is 6.77. The highest BCUT2D eigenvalue weighted by Crippen LogP contribution is 2.29. The van der Waals surface area contributed by atoms with Crippen molar-refractivity contribution in [3.63, 3.8) is 0 Å². The minimum Gasteiger partial charge on any atom is -0.399 e. The quantitative estimate of drug-likeness (QED) is 0.806. The number of amides is 1. The Morgan fingerprint density at radius 2 is 1.75 bits per heavy atom. The van der Waals surface area contributed by atoms with E-state index in [0.717, 1.165) is 11.1 Å². The Labute approximate surface area is 127 Å². The van der Waals surface area contributed by atoms with Crippen molar-refractivity contribution >= 4 is 40.5 Å². The number of hydrogen-bond acceptors (Lipinski definition) is 2. The second-order valence-electron chi connectivity index (χ2n) is 4.61. The lowest BCUT2D eigenvalue weighted by molar-refractivity contribution is 0.102. The van der Waals surface area contributed by atoms with Gasteiger partial charge in [-0.3, -0.25) is 4.79 Å². The molecule has 0 aliphatic heterocycles. The zero-order valence-corrected chi connectivity index (χ0v) is 12.6. The fraction of sp³-hybridized carbons (Fsp3) is 0.133. The normalized spacial score (nSPS) is 10.4. The van der Waals surface area contributed by atoms with Gasteiger partial charge in [-0.1, -0.05) is 23.2 Å². The van der Waals surface area contributed by atoms with E-state index in [1.54, 1.807) is 30.3 Å². The van der Waals surface area contributed by atoms with Crippen molar-refractivity contribution in [3.05, 3.63) is 57.1 Å². The Kier molecular flexibility index (Phi) is 4.21. The molecule has 0 unspecified atom stereocenters. The molecule has 20 heavy (non-hydrogen) atoms. The van der Waals surface area contributed by atoms with Crippen LogP contribution in [-0.2, 0) is 0 Å². The SMILES string of the molecule is Cc1cc(Cl)c(NC(=O)c2ccc(N)cc2C)cc1Cl. The van der Waals surface area contributed by atoms with E-state index in [2.05, 4.69) is 5.32 Å². The Morgan fingerprint density at radius 1 is 1.05 bits per heavy atom. The van der Waals surface area contributed by atoms with Gasteiger partial charge in [-0.25, -0.2) is 0 Å². The first kappa shape index (κ1) is 14.7. The lowest BCUT2D eigenvalue weighted by Gasteiger charge is -2.11. The van der Waals surface area contributed by atoms with E-state index in [-0.39, 0.29) is 5.91 Å². The molecule has 0 atom stereocenters. The van der Waals surface area contributed by atoms with Crippen LogP contribution in [0.15, 0.2) is 30.3 Å². The van der Waals surface area contributed by atoms with E-state index in [0.29, 0.717) is 27.0 Å². The number of nitrogens with one attached hydrogen (secondary N) is 1. The number of carbonyl (C=O) groups is 1. The molecule has 0 aliphatic rings. The van der Waals surface area contributed by atoms with E-state index in [9.17, 15) is 4.79 Å². The number of aryl methyl sites for hydroxylation is 2. The van der Waals surface area contributed by atoms with Crippen molar-refractivity contribution in [2.24, 2.45) is 0 Å². The third-order valence-electron chi connectivity index (χ3n) is 2.99. The summed E-state index contributed by atoms with van der Waals surface area (Å²) in [6.45, 7) is 3.68. The van der Waals surface area contributed by atoms with Crippen LogP contribution in [0, 0.1) is 13.8 Å².